The average Bonchev–Trinajstić information content (AvgIpc) is 3.15. The van der Waals surface area contributed by atoms with Gasteiger partial charge in [0.05, 0.1) is 11.1 Å². The van der Waals surface area contributed by atoms with Crippen molar-refractivity contribution in [1.29, 1.82) is 0 Å². The minimum Gasteiger partial charge on any atom is -0.350 e. The van der Waals surface area contributed by atoms with E-state index in [1.165, 1.54) is 18.2 Å². The van der Waals surface area contributed by atoms with Gasteiger partial charge in [0.25, 0.3) is 5.91 Å². The molecule has 7 nitrogen and oxygen atoms in total. The number of carbonyl (C=O) groups excluding carboxylic acids is 2. The van der Waals surface area contributed by atoms with Crippen LogP contribution in [0.2, 0.25) is 0 Å². The highest BCUT2D eigenvalue weighted by molar-refractivity contribution is 9.10. The highest BCUT2D eigenvalue weighted by Gasteiger charge is 2.17. The van der Waals surface area contributed by atoms with Crippen LogP contribution >= 0.6 is 15.9 Å². The molecule has 0 atom stereocenters. The van der Waals surface area contributed by atoms with Gasteiger partial charge in [-0.2, -0.15) is 4.98 Å². The standard InChI is InChI=1S/C18H14BrFN4O3/c19-13-7-3-1-5-11(13)16(25)21-9-10-22-17(26)18-23-15(24-27-18)12-6-2-4-8-14(12)20/h1-8H,9-10H2,(H,21,25)(H,22,26). The Kier molecular flexibility index (Phi) is 5.92. The molecule has 0 unspecified atom stereocenters. The molecule has 0 aliphatic carbocycles. The summed E-state index contributed by atoms with van der Waals surface area (Å²) < 4.78 is 19.3. The smallest absolute Gasteiger partial charge is 0.316 e. The molecule has 0 aliphatic heterocycles. The summed E-state index contributed by atoms with van der Waals surface area (Å²) in [5.74, 6) is -1.69. The first-order valence-electron chi connectivity index (χ1n) is 7.96. The second-order valence-electron chi connectivity index (χ2n) is 5.39. The molecule has 3 aromatic rings. The maximum absolute atomic E-state index is 13.7. The summed E-state index contributed by atoms with van der Waals surface area (Å²) in [7, 11) is 0. The van der Waals surface area contributed by atoms with E-state index in [9.17, 15) is 14.0 Å². The van der Waals surface area contributed by atoms with Gasteiger partial charge in [-0.3, -0.25) is 9.59 Å². The van der Waals surface area contributed by atoms with Gasteiger partial charge in [0, 0.05) is 17.6 Å². The number of nitrogens with one attached hydrogen (secondary N) is 2. The maximum atomic E-state index is 13.7. The lowest BCUT2D eigenvalue weighted by atomic mass is 10.2. The van der Waals surface area contributed by atoms with E-state index in [4.69, 9.17) is 4.52 Å². The molecule has 0 bridgehead atoms. The van der Waals surface area contributed by atoms with Crippen molar-refractivity contribution in [1.82, 2.24) is 20.8 Å². The van der Waals surface area contributed by atoms with E-state index in [-0.39, 0.29) is 36.3 Å². The summed E-state index contributed by atoms with van der Waals surface area (Å²) in [4.78, 5) is 28.0. The Morgan fingerprint density at radius 1 is 1.00 bits per heavy atom. The van der Waals surface area contributed by atoms with Crippen LogP contribution in [0.5, 0.6) is 0 Å². The monoisotopic (exact) mass is 432 g/mol. The molecule has 0 spiro atoms. The molecule has 3 rings (SSSR count). The minimum atomic E-state index is -0.611. The fourth-order valence-corrected chi connectivity index (χ4v) is 2.70. The Bertz CT molecular complexity index is 977. The second-order valence-corrected chi connectivity index (χ2v) is 6.25. The second kappa shape index (κ2) is 8.54. The van der Waals surface area contributed by atoms with E-state index in [1.54, 1.807) is 30.3 Å². The van der Waals surface area contributed by atoms with Crippen LogP contribution in [0.3, 0.4) is 0 Å². The zero-order valence-electron chi connectivity index (χ0n) is 13.9. The summed E-state index contributed by atoms with van der Waals surface area (Å²) in [6, 6.07) is 12.9. The quantitative estimate of drug-likeness (QED) is 0.583. The first-order valence-corrected chi connectivity index (χ1v) is 8.75. The van der Waals surface area contributed by atoms with Crippen LogP contribution in [0, 0.1) is 5.82 Å². The van der Waals surface area contributed by atoms with Gasteiger partial charge in [-0.1, -0.05) is 29.4 Å². The summed E-state index contributed by atoms with van der Waals surface area (Å²) in [5, 5.41) is 8.84. The van der Waals surface area contributed by atoms with Crippen LogP contribution in [-0.2, 0) is 0 Å². The van der Waals surface area contributed by atoms with Gasteiger partial charge < -0.3 is 15.2 Å². The highest BCUT2D eigenvalue weighted by Crippen LogP contribution is 2.19. The van der Waals surface area contributed by atoms with Crippen molar-refractivity contribution in [2.24, 2.45) is 0 Å². The summed E-state index contributed by atoms with van der Waals surface area (Å²) in [5.41, 5.74) is 0.635. The van der Waals surface area contributed by atoms with Gasteiger partial charge in [0.15, 0.2) is 0 Å². The molecule has 0 fully saturated rings. The van der Waals surface area contributed by atoms with E-state index in [0.717, 1.165) is 0 Å². The number of benzene rings is 2. The topological polar surface area (TPSA) is 97.1 Å². The van der Waals surface area contributed by atoms with Gasteiger partial charge in [0.2, 0.25) is 5.82 Å². The van der Waals surface area contributed by atoms with Crippen molar-refractivity contribution in [2.75, 3.05) is 13.1 Å². The normalized spacial score (nSPS) is 10.4. The van der Waals surface area contributed by atoms with E-state index in [2.05, 4.69) is 36.7 Å². The lowest BCUT2D eigenvalue weighted by molar-refractivity contribution is 0.0898. The third-order valence-electron chi connectivity index (χ3n) is 3.55. The fourth-order valence-electron chi connectivity index (χ4n) is 2.24. The van der Waals surface area contributed by atoms with E-state index < -0.39 is 11.7 Å². The predicted octanol–water partition coefficient (Wildman–Crippen LogP) is 2.80. The first-order chi connectivity index (χ1) is 13.1. The molecule has 0 saturated carbocycles. The third-order valence-corrected chi connectivity index (χ3v) is 4.24. The van der Waals surface area contributed by atoms with Crippen LogP contribution in [-0.4, -0.2) is 35.0 Å². The van der Waals surface area contributed by atoms with Gasteiger partial charge in [-0.15, -0.1) is 0 Å². The first kappa shape index (κ1) is 18.7. The number of hydrogen-bond donors (Lipinski definition) is 2. The molecule has 0 saturated heterocycles. The summed E-state index contributed by atoms with van der Waals surface area (Å²) in [6.07, 6.45) is 0. The zero-order valence-corrected chi connectivity index (χ0v) is 15.5. The van der Waals surface area contributed by atoms with Crippen LogP contribution in [0.1, 0.15) is 21.0 Å². The largest absolute Gasteiger partial charge is 0.350 e. The van der Waals surface area contributed by atoms with Crippen molar-refractivity contribution in [3.05, 3.63) is 70.3 Å². The van der Waals surface area contributed by atoms with Crippen molar-refractivity contribution < 1.29 is 18.5 Å². The number of carbonyl (C=O) groups is 2. The Hall–Kier alpha value is -3.07. The molecule has 2 amide bonds. The average molecular weight is 433 g/mol. The molecular weight excluding hydrogens is 419 g/mol. The minimum absolute atomic E-state index is 0.0134. The predicted molar refractivity (Wildman–Crippen MR) is 98.5 cm³/mol. The van der Waals surface area contributed by atoms with Crippen LogP contribution in [0.15, 0.2) is 57.5 Å². The molecule has 0 radical (unpaired) electrons. The molecule has 1 aromatic heterocycles. The number of halogens is 2. The summed E-state index contributed by atoms with van der Waals surface area (Å²) >= 11 is 3.30. The van der Waals surface area contributed by atoms with E-state index >= 15 is 0 Å². The fraction of sp³-hybridized carbons (Fsp3) is 0.111. The third kappa shape index (κ3) is 4.56. The molecule has 9 heteroatoms. The van der Waals surface area contributed by atoms with Gasteiger partial charge in [0.1, 0.15) is 5.82 Å². The number of nitrogens with zero attached hydrogens (tertiary/aromatic N) is 2. The van der Waals surface area contributed by atoms with Crippen molar-refractivity contribution in [2.45, 2.75) is 0 Å². The van der Waals surface area contributed by atoms with E-state index in [1.807, 2.05) is 0 Å². The number of rotatable bonds is 6. The molecule has 2 aromatic carbocycles. The Morgan fingerprint density at radius 3 is 2.41 bits per heavy atom. The lowest BCUT2D eigenvalue weighted by Gasteiger charge is -2.07. The number of hydrogen-bond acceptors (Lipinski definition) is 5. The number of amides is 2. The molecule has 138 valence electrons. The Balaban J connectivity index is 1.51. The number of aromatic nitrogens is 2. The Morgan fingerprint density at radius 2 is 1.67 bits per heavy atom. The zero-order chi connectivity index (χ0) is 19.2. The molecular formula is C18H14BrFN4O3. The van der Waals surface area contributed by atoms with Crippen LogP contribution < -0.4 is 10.6 Å². The lowest BCUT2D eigenvalue weighted by Crippen LogP contribution is -2.34. The van der Waals surface area contributed by atoms with Crippen molar-refractivity contribution in [3.63, 3.8) is 0 Å². The van der Waals surface area contributed by atoms with Gasteiger partial charge >= 0.3 is 11.8 Å². The van der Waals surface area contributed by atoms with Crippen LogP contribution in [0.25, 0.3) is 11.4 Å². The molecule has 27 heavy (non-hydrogen) atoms. The summed E-state index contributed by atoms with van der Waals surface area (Å²) in [6.45, 7) is 0.368. The SMILES string of the molecule is O=C(NCCNC(=O)c1ccccc1Br)c1nc(-c2ccccc2F)no1. The molecule has 2 N–H and O–H groups in total. The van der Waals surface area contributed by atoms with Crippen molar-refractivity contribution >= 4 is 27.7 Å². The molecule has 1 heterocycles. The molecule has 0 aliphatic rings. The van der Waals surface area contributed by atoms with Crippen molar-refractivity contribution in [3.8, 4) is 11.4 Å². The van der Waals surface area contributed by atoms with Gasteiger partial charge in [-0.25, -0.2) is 4.39 Å². The van der Waals surface area contributed by atoms with Gasteiger partial charge in [-0.05, 0) is 40.2 Å². The highest BCUT2D eigenvalue weighted by atomic mass is 79.9. The Labute approximate surface area is 162 Å². The van der Waals surface area contributed by atoms with E-state index in [0.29, 0.717) is 10.0 Å². The maximum Gasteiger partial charge on any atom is 0.316 e. The van der Waals surface area contributed by atoms with Crippen LogP contribution in [0.4, 0.5) is 4.39 Å².